The molecule has 0 aromatic carbocycles. The van der Waals surface area contributed by atoms with Gasteiger partial charge in [-0.3, -0.25) is 4.79 Å². The monoisotopic (exact) mass is 605 g/mol. The van der Waals surface area contributed by atoms with E-state index in [-0.39, 0.29) is 18.9 Å². The van der Waals surface area contributed by atoms with Gasteiger partial charge in [-0.2, -0.15) is 0 Å². The summed E-state index contributed by atoms with van der Waals surface area (Å²) in [4.78, 5) is 12.6. The molecule has 0 aromatic rings. The van der Waals surface area contributed by atoms with Crippen molar-refractivity contribution in [3.05, 3.63) is 0 Å². The maximum Gasteiger partial charge on any atom is 0.220 e. The molecule has 1 saturated heterocycles. The SMILES string of the molecule is CCCCCCCCCCCCCC[C@@H](O)[C@@H](O)[C@H](CO[C@H]1O[C@H](CO)[C@H](O)[C@H](O)[C@H]1O)NC(=O)CCCCCCC. The first-order valence-electron chi connectivity index (χ1n) is 16.8. The zero-order valence-corrected chi connectivity index (χ0v) is 26.4. The molecule has 1 amide bonds. The number of carbonyl (C=O) groups is 1. The fourth-order valence-electron chi connectivity index (χ4n) is 5.43. The third kappa shape index (κ3) is 16.3. The molecule has 0 spiro atoms. The average molecular weight is 606 g/mol. The highest BCUT2D eigenvalue weighted by Crippen LogP contribution is 2.23. The minimum Gasteiger partial charge on any atom is -0.394 e. The Bertz CT molecular complexity index is 653. The zero-order chi connectivity index (χ0) is 31.2. The summed E-state index contributed by atoms with van der Waals surface area (Å²) in [5, 5.41) is 64.2. The van der Waals surface area contributed by atoms with Gasteiger partial charge in [0, 0.05) is 6.42 Å². The fourth-order valence-corrected chi connectivity index (χ4v) is 5.43. The molecule has 10 nitrogen and oxygen atoms in total. The zero-order valence-electron chi connectivity index (χ0n) is 26.4. The van der Waals surface area contributed by atoms with Gasteiger partial charge in [-0.1, -0.05) is 117 Å². The van der Waals surface area contributed by atoms with E-state index in [4.69, 9.17) is 9.47 Å². The molecule has 0 saturated carbocycles. The molecule has 0 radical (unpaired) electrons. The molecule has 42 heavy (non-hydrogen) atoms. The van der Waals surface area contributed by atoms with E-state index in [0.29, 0.717) is 12.8 Å². The Hall–Kier alpha value is -0.850. The lowest BCUT2D eigenvalue weighted by atomic mass is 9.98. The Morgan fingerprint density at radius 2 is 1.24 bits per heavy atom. The predicted molar refractivity (Wildman–Crippen MR) is 163 cm³/mol. The Kier molecular flexibility index (Phi) is 22.8. The van der Waals surface area contributed by atoms with Crippen LogP contribution >= 0.6 is 0 Å². The molecular weight excluding hydrogens is 542 g/mol. The molecule has 1 rings (SSSR count). The molecule has 0 aromatic heterocycles. The van der Waals surface area contributed by atoms with E-state index in [1.54, 1.807) is 0 Å². The van der Waals surface area contributed by atoms with Crippen LogP contribution in [0.15, 0.2) is 0 Å². The van der Waals surface area contributed by atoms with Crippen LogP contribution in [-0.2, 0) is 14.3 Å². The highest BCUT2D eigenvalue weighted by molar-refractivity contribution is 5.76. The van der Waals surface area contributed by atoms with Gasteiger partial charge in [0.15, 0.2) is 6.29 Å². The highest BCUT2D eigenvalue weighted by atomic mass is 16.7. The van der Waals surface area contributed by atoms with Crippen molar-refractivity contribution in [3.63, 3.8) is 0 Å². The summed E-state index contributed by atoms with van der Waals surface area (Å²) >= 11 is 0. The van der Waals surface area contributed by atoms with Gasteiger partial charge >= 0.3 is 0 Å². The fraction of sp³-hybridized carbons (Fsp3) is 0.969. The first kappa shape index (κ1) is 39.2. The number of carbonyl (C=O) groups excluding carboxylic acids is 1. The van der Waals surface area contributed by atoms with Gasteiger partial charge in [0.25, 0.3) is 0 Å². The molecule has 0 unspecified atom stereocenters. The van der Waals surface area contributed by atoms with E-state index in [0.717, 1.165) is 51.4 Å². The van der Waals surface area contributed by atoms with E-state index >= 15 is 0 Å². The molecule has 10 heteroatoms. The largest absolute Gasteiger partial charge is 0.394 e. The predicted octanol–water partition coefficient (Wildman–Crippen LogP) is 3.46. The first-order valence-corrected chi connectivity index (χ1v) is 16.8. The summed E-state index contributed by atoms with van der Waals surface area (Å²) in [6.07, 6.45) is 10.3. The first-order chi connectivity index (χ1) is 20.3. The van der Waals surface area contributed by atoms with Crippen LogP contribution in [0.2, 0.25) is 0 Å². The quantitative estimate of drug-likeness (QED) is 0.0730. The molecule has 8 atom stereocenters. The van der Waals surface area contributed by atoms with Crippen LogP contribution in [0.5, 0.6) is 0 Å². The number of aliphatic hydroxyl groups excluding tert-OH is 6. The number of nitrogens with one attached hydrogen (secondary N) is 1. The minimum absolute atomic E-state index is 0.273. The standard InChI is InChI=1S/C32H63NO9/c1-3-5-7-9-10-11-12-13-14-15-17-18-20-25(35)28(37)24(33-27(36)21-19-16-8-6-4-2)23-41-32-31(40)30(39)29(38)26(22-34)42-32/h24-26,28-32,34-35,37-40H,3-23H2,1-2H3,(H,33,36)/t24-,25+,26+,28-,29-,30-,31+,32-/m0/s1. The van der Waals surface area contributed by atoms with Crippen molar-refractivity contribution in [3.8, 4) is 0 Å². The Morgan fingerprint density at radius 1 is 0.738 bits per heavy atom. The van der Waals surface area contributed by atoms with E-state index in [2.05, 4.69) is 19.2 Å². The number of unbranched alkanes of at least 4 members (excludes halogenated alkanes) is 15. The molecule has 7 N–H and O–H groups in total. The number of hydrogen-bond donors (Lipinski definition) is 7. The lowest BCUT2D eigenvalue weighted by Gasteiger charge is -2.40. The summed E-state index contributed by atoms with van der Waals surface area (Å²) in [6.45, 7) is 3.45. The van der Waals surface area contributed by atoms with Crippen molar-refractivity contribution < 1.29 is 44.9 Å². The number of hydrogen-bond acceptors (Lipinski definition) is 9. The normalized spacial score (nSPS) is 24.8. The maximum absolute atomic E-state index is 12.6. The van der Waals surface area contributed by atoms with Crippen LogP contribution in [0.4, 0.5) is 0 Å². The topological polar surface area (TPSA) is 169 Å². The van der Waals surface area contributed by atoms with Gasteiger partial charge in [0.2, 0.25) is 5.91 Å². The summed E-state index contributed by atoms with van der Waals surface area (Å²) in [5.41, 5.74) is 0. The van der Waals surface area contributed by atoms with Crippen LogP contribution in [0.25, 0.3) is 0 Å². The van der Waals surface area contributed by atoms with Gasteiger partial charge in [-0.05, 0) is 12.8 Å². The third-order valence-electron chi connectivity index (χ3n) is 8.30. The van der Waals surface area contributed by atoms with Gasteiger partial charge < -0.3 is 45.4 Å². The van der Waals surface area contributed by atoms with Gasteiger partial charge in [-0.25, -0.2) is 0 Å². The minimum atomic E-state index is -1.60. The van der Waals surface area contributed by atoms with Gasteiger partial charge in [-0.15, -0.1) is 0 Å². The van der Waals surface area contributed by atoms with Crippen molar-refractivity contribution >= 4 is 5.91 Å². The van der Waals surface area contributed by atoms with Crippen LogP contribution < -0.4 is 5.32 Å². The van der Waals surface area contributed by atoms with Crippen LogP contribution in [0.1, 0.15) is 136 Å². The summed E-state index contributed by atoms with van der Waals surface area (Å²) in [6, 6.07) is -0.979. The molecule has 1 heterocycles. The van der Waals surface area contributed by atoms with Gasteiger partial charge in [0.05, 0.1) is 25.4 Å². The summed E-state index contributed by atoms with van der Waals surface area (Å²) < 4.78 is 11.0. The highest BCUT2D eigenvalue weighted by Gasteiger charge is 2.44. The molecular formula is C32H63NO9. The lowest BCUT2D eigenvalue weighted by molar-refractivity contribution is -0.303. The van der Waals surface area contributed by atoms with Crippen molar-refractivity contribution in [2.24, 2.45) is 0 Å². The average Bonchev–Trinajstić information content (AvgIpc) is 2.98. The Morgan fingerprint density at radius 3 is 1.76 bits per heavy atom. The number of amides is 1. The molecule has 0 aliphatic carbocycles. The second kappa shape index (κ2) is 24.5. The van der Waals surface area contributed by atoms with Crippen LogP contribution in [0, 0.1) is 0 Å². The maximum atomic E-state index is 12.6. The Labute approximate surface area is 254 Å². The smallest absolute Gasteiger partial charge is 0.220 e. The second-order valence-electron chi connectivity index (χ2n) is 12.1. The molecule has 0 bridgehead atoms. The number of ether oxygens (including phenoxy) is 2. The molecule has 250 valence electrons. The molecule has 1 aliphatic rings. The van der Waals surface area contributed by atoms with Crippen molar-refractivity contribution in [1.82, 2.24) is 5.32 Å². The van der Waals surface area contributed by atoms with E-state index in [1.165, 1.54) is 51.4 Å². The number of aliphatic hydroxyl groups is 6. The molecule has 1 aliphatic heterocycles. The van der Waals surface area contributed by atoms with Crippen molar-refractivity contribution in [2.45, 2.75) is 185 Å². The van der Waals surface area contributed by atoms with E-state index < -0.39 is 55.6 Å². The van der Waals surface area contributed by atoms with E-state index in [1.807, 2.05) is 0 Å². The Balaban J connectivity index is 2.52. The summed E-state index contributed by atoms with van der Waals surface area (Å²) in [5.74, 6) is -0.273. The molecule has 1 fully saturated rings. The second-order valence-corrected chi connectivity index (χ2v) is 12.1. The van der Waals surface area contributed by atoms with Crippen LogP contribution in [0.3, 0.4) is 0 Å². The third-order valence-corrected chi connectivity index (χ3v) is 8.30. The number of rotatable bonds is 26. The summed E-state index contributed by atoms with van der Waals surface area (Å²) in [7, 11) is 0. The van der Waals surface area contributed by atoms with Crippen LogP contribution in [-0.4, -0.2) is 98.7 Å². The van der Waals surface area contributed by atoms with E-state index in [9.17, 15) is 35.4 Å². The lowest BCUT2D eigenvalue weighted by Crippen LogP contribution is -2.60. The van der Waals surface area contributed by atoms with Crippen molar-refractivity contribution in [2.75, 3.05) is 13.2 Å². The van der Waals surface area contributed by atoms with Crippen molar-refractivity contribution in [1.29, 1.82) is 0 Å². The van der Waals surface area contributed by atoms with Gasteiger partial charge in [0.1, 0.15) is 30.5 Å².